The second-order valence-electron chi connectivity index (χ2n) is 9.48. The molecule has 0 bridgehead atoms. The fraction of sp³-hybridized carbons (Fsp3) is 0.0588. The van der Waals surface area contributed by atoms with Crippen LogP contribution in [0.25, 0.3) is 49.7 Å². The molecule has 1 atom stereocenters. The first-order chi connectivity index (χ1) is 18.8. The van der Waals surface area contributed by atoms with E-state index in [9.17, 15) is 0 Å². The number of rotatable bonds is 5. The van der Waals surface area contributed by atoms with Crippen LogP contribution in [0.2, 0.25) is 0 Å². The smallest absolute Gasteiger partial charge is 0.116 e. The van der Waals surface area contributed by atoms with Crippen LogP contribution in [0.5, 0.6) is 0 Å². The van der Waals surface area contributed by atoms with Gasteiger partial charge in [-0.05, 0) is 48.0 Å². The molecule has 182 valence electrons. The highest BCUT2D eigenvalue weighted by Gasteiger charge is 2.16. The van der Waals surface area contributed by atoms with Gasteiger partial charge in [0.2, 0.25) is 0 Å². The molecule has 3 nitrogen and oxygen atoms in total. The number of fused-ring (bicyclic) bond motifs is 3. The van der Waals surface area contributed by atoms with Crippen molar-refractivity contribution in [3.05, 3.63) is 139 Å². The molecule has 0 amide bonds. The fourth-order valence-corrected chi connectivity index (χ4v) is 6.35. The molecular weight excluding hydrogens is 482 g/mol. The third kappa shape index (κ3) is 4.23. The average Bonchev–Trinajstić information content (AvgIpc) is 3.60. The molecule has 0 spiro atoms. The molecule has 0 saturated carbocycles. The summed E-state index contributed by atoms with van der Waals surface area (Å²) in [4.78, 5) is 10.5. The summed E-state index contributed by atoms with van der Waals surface area (Å²) in [5.41, 5.74) is 7.79. The number of nitrogens with zero attached hydrogens (tertiary/aromatic N) is 3. The van der Waals surface area contributed by atoms with Gasteiger partial charge in [-0.3, -0.25) is 0 Å². The predicted molar refractivity (Wildman–Crippen MR) is 161 cm³/mol. The highest BCUT2D eigenvalue weighted by Crippen LogP contribution is 2.38. The Labute approximate surface area is 226 Å². The molecule has 4 heteroatoms. The molecule has 0 fully saturated rings. The number of benzene rings is 4. The lowest BCUT2D eigenvalue weighted by atomic mass is 10.1. The molecule has 0 saturated heterocycles. The number of hydrogen-bond acceptors (Lipinski definition) is 3. The van der Waals surface area contributed by atoms with Crippen LogP contribution in [0, 0.1) is 5.92 Å². The Morgan fingerprint density at radius 2 is 1.47 bits per heavy atom. The SMILES string of the molecule is C1=C(c2ccccc2)SCC1/C=C\c1cc(-c2ccc3c(c2)c2ccccc2n3-c2ccccc2)ncn1. The van der Waals surface area contributed by atoms with E-state index in [1.165, 1.54) is 32.3 Å². The van der Waals surface area contributed by atoms with Gasteiger partial charge in [0.05, 0.1) is 22.4 Å². The summed E-state index contributed by atoms with van der Waals surface area (Å²) in [7, 11) is 0. The largest absolute Gasteiger partial charge is 0.309 e. The Morgan fingerprint density at radius 3 is 2.34 bits per heavy atom. The number of hydrogen-bond donors (Lipinski definition) is 0. The van der Waals surface area contributed by atoms with Crippen LogP contribution in [-0.2, 0) is 0 Å². The lowest BCUT2D eigenvalue weighted by Crippen LogP contribution is -1.93. The molecule has 38 heavy (non-hydrogen) atoms. The summed E-state index contributed by atoms with van der Waals surface area (Å²) in [6, 6.07) is 38.5. The second kappa shape index (κ2) is 9.81. The maximum Gasteiger partial charge on any atom is 0.116 e. The van der Waals surface area contributed by atoms with Gasteiger partial charge in [0.15, 0.2) is 0 Å². The van der Waals surface area contributed by atoms with E-state index in [1.54, 1.807) is 6.33 Å². The molecule has 6 aromatic rings. The maximum atomic E-state index is 4.63. The van der Waals surface area contributed by atoms with Gasteiger partial charge in [-0.1, -0.05) is 84.9 Å². The van der Waals surface area contributed by atoms with E-state index in [0.717, 1.165) is 28.4 Å². The lowest BCUT2D eigenvalue weighted by molar-refractivity contribution is 0.980. The molecule has 3 heterocycles. The molecule has 0 aliphatic carbocycles. The molecule has 1 aliphatic rings. The van der Waals surface area contributed by atoms with E-state index in [0.29, 0.717) is 5.92 Å². The van der Waals surface area contributed by atoms with Gasteiger partial charge in [-0.15, -0.1) is 11.8 Å². The standard InChI is InChI=1S/C34H25N3S/c1-3-9-25(10-4-1)34-19-24(22-38-34)15-17-27-21-31(36-23-35-27)26-16-18-33-30(20-26)29-13-7-8-14-32(29)37(33)28-11-5-2-6-12-28/h1-21,23-24H,22H2/b17-15-. The summed E-state index contributed by atoms with van der Waals surface area (Å²) in [6.45, 7) is 0. The first-order valence-electron chi connectivity index (χ1n) is 12.8. The Kier molecular flexibility index (Phi) is 5.87. The Balaban J connectivity index is 1.22. The van der Waals surface area contributed by atoms with Crippen LogP contribution in [-0.4, -0.2) is 20.3 Å². The van der Waals surface area contributed by atoms with Gasteiger partial charge in [0.25, 0.3) is 0 Å². The van der Waals surface area contributed by atoms with Crippen LogP contribution in [0.1, 0.15) is 11.3 Å². The van der Waals surface area contributed by atoms with E-state index in [4.69, 9.17) is 0 Å². The average molecular weight is 508 g/mol. The number of thioether (sulfide) groups is 1. The van der Waals surface area contributed by atoms with Crippen LogP contribution >= 0.6 is 11.8 Å². The van der Waals surface area contributed by atoms with Gasteiger partial charge in [-0.25, -0.2) is 9.97 Å². The predicted octanol–water partition coefficient (Wildman–Crippen LogP) is 8.66. The molecule has 7 rings (SSSR count). The van der Waals surface area contributed by atoms with Gasteiger partial charge in [0, 0.05) is 38.6 Å². The van der Waals surface area contributed by atoms with Crippen molar-refractivity contribution in [3.8, 4) is 16.9 Å². The normalized spacial score (nSPS) is 15.5. The van der Waals surface area contributed by atoms with E-state index in [-0.39, 0.29) is 0 Å². The minimum Gasteiger partial charge on any atom is -0.309 e. The highest BCUT2D eigenvalue weighted by molar-refractivity contribution is 8.08. The molecule has 1 aliphatic heterocycles. The zero-order valence-corrected chi connectivity index (χ0v) is 21.6. The summed E-state index contributed by atoms with van der Waals surface area (Å²) in [6.07, 6.45) is 8.41. The number of aromatic nitrogens is 3. The number of para-hydroxylation sites is 2. The fourth-order valence-electron chi connectivity index (χ4n) is 5.20. The molecular formula is C34H25N3S. The summed E-state index contributed by atoms with van der Waals surface area (Å²) in [5.74, 6) is 1.45. The first kappa shape index (κ1) is 22.8. The molecule has 0 radical (unpaired) electrons. The van der Waals surface area contributed by atoms with Crippen molar-refractivity contribution in [2.45, 2.75) is 0 Å². The van der Waals surface area contributed by atoms with Gasteiger partial charge < -0.3 is 4.57 Å². The third-order valence-electron chi connectivity index (χ3n) is 7.04. The topological polar surface area (TPSA) is 30.7 Å². The van der Waals surface area contributed by atoms with E-state index in [1.807, 2.05) is 11.8 Å². The van der Waals surface area contributed by atoms with Crippen LogP contribution in [0.4, 0.5) is 0 Å². The van der Waals surface area contributed by atoms with E-state index >= 15 is 0 Å². The second-order valence-corrected chi connectivity index (χ2v) is 10.5. The minimum atomic E-state index is 0.397. The van der Waals surface area contributed by atoms with Crippen molar-refractivity contribution in [2.24, 2.45) is 5.92 Å². The molecule has 4 aromatic carbocycles. The van der Waals surface area contributed by atoms with Gasteiger partial charge in [0.1, 0.15) is 6.33 Å². The van der Waals surface area contributed by atoms with Crippen molar-refractivity contribution >= 4 is 44.5 Å². The maximum absolute atomic E-state index is 4.63. The van der Waals surface area contributed by atoms with Crippen molar-refractivity contribution in [1.82, 2.24) is 14.5 Å². The van der Waals surface area contributed by atoms with Crippen molar-refractivity contribution < 1.29 is 0 Å². The number of allylic oxidation sites excluding steroid dienone is 2. The summed E-state index contributed by atoms with van der Waals surface area (Å²) < 4.78 is 2.33. The summed E-state index contributed by atoms with van der Waals surface area (Å²) in [5, 5.41) is 2.46. The van der Waals surface area contributed by atoms with Crippen molar-refractivity contribution in [2.75, 3.05) is 5.75 Å². The molecule has 2 aromatic heterocycles. The van der Waals surface area contributed by atoms with Crippen molar-refractivity contribution in [3.63, 3.8) is 0 Å². The van der Waals surface area contributed by atoms with E-state index < -0.39 is 0 Å². The Hall–Kier alpha value is -4.41. The third-order valence-corrected chi connectivity index (χ3v) is 8.27. The van der Waals surface area contributed by atoms with Gasteiger partial charge in [-0.2, -0.15) is 0 Å². The van der Waals surface area contributed by atoms with Crippen LogP contribution < -0.4 is 0 Å². The van der Waals surface area contributed by atoms with Gasteiger partial charge >= 0.3 is 0 Å². The zero-order chi connectivity index (χ0) is 25.3. The van der Waals surface area contributed by atoms with E-state index in [2.05, 4.69) is 142 Å². The zero-order valence-electron chi connectivity index (χ0n) is 20.7. The summed E-state index contributed by atoms with van der Waals surface area (Å²) >= 11 is 1.92. The van der Waals surface area contributed by atoms with Crippen molar-refractivity contribution in [1.29, 1.82) is 0 Å². The minimum absolute atomic E-state index is 0.397. The highest BCUT2D eigenvalue weighted by atomic mass is 32.2. The quantitative estimate of drug-likeness (QED) is 0.234. The van der Waals surface area contributed by atoms with Crippen LogP contribution in [0.15, 0.2) is 128 Å². The Bertz CT molecular complexity index is 1820. The van der Waals surface area contributed by atoms with Crippen LogP contribution in [0.3, 0.4) is 0 Å². The molecule has 0 N–H and O–H groups in total. The Morgan fingerprint density at radius 1 is 0.711 bits per heavy atom. The lowest BCUT2D eigenvalue weighted by Gasteiger charge is -2.08. The first-order valence-corrected chi connectivity index (χ1v) is 13.8. The monoisotopic (exact) mass is 507 g/mol. The molecule has 1 unspecified atom stereocenters.